The summed E-state index contributed by atoms with van der Waals surface area (Å²) in [6, 6.07) is 0. The Bertz CT molecular complexity index is 1110. The van der Waals surface area contributed by atoms with Gasteiger partial charge in [0, 0.05) is 0 Å². The zero-order valence-corrected chi connectivity index (χ0v) is 29.7. The van der Waals surface area contributed by atoms with E-state index < -0.39 is 11.9 Å². The highest BCUT2D eigenvalue weighted by Gasteiger charge is 2.18. The number of allylic oxidation sites excluding steroid dienone is 15. The molecule has 0 aliphatic rings. The van der Waals surface area contributed by atoms with Crippen LogP contribution in [0.2, 0.25) is 0 Å². The molecule has 0 bridgehead atoms. The molecular weight excluding hydrogens is 544 g/mol. The van der Waals surface area contributed by atoms with Gasteiger partial charge in [-0.3, -0.25) is 0 Å². The molecule has 0 N–H and O–H groups in total. The minimum atomic E-state index is -0.694. The van der Waals surface area contributed by atoms with Crippen LogP contribution >= 0.6 is 0 Å². The lowest BCUT2D eigenvalue weighted by molar-refractivity contribution is -0.144. The van der Waals surface area contributed by atoms with Crippen LogP contribution in [0.5, 0.6) is 0 Å². The molecule has 4 heteroatoms. The van der Waals surface area contributed by atoms with Gasteiger partial charge in [-0.05, 0) is 139 Å². The molecule has 0 aromatic heterocycles. The van der Waals surface area contributed by atoms with Gasteiger partial charge < -0.3 is 9.47 Å². The summed E-state index contributed by atoms with van der Waals surface area (Å²) in [6.07, 6.45) is 30.5. The molecule has 0 aliphatic carbocycles. The summed E-state index contributed by atoms with van der Waals surface area (Å²) in [4.78, 5) is 23.5. The van der Waals surface area contributed by atoms with Crippen LogP contribution in [0, 0.1) is 0 Å². The molecule has 0 unspecified atom stereocenters. The number of esters is 2. The van der Waals surface area contributed by atoms with Crippen LogP contribution in [0.15, 0.2) is 93.2 Å². The molecule has 0 aromatic rings. The second kappa shape index (κ2) is 25.2. The Morgan fingerprint density at radius 3 is 0.955 bits per heavy atom. The lowest BCUT2D eigenvalue weighted by atomic mass is 10.0. The molecule has 0 saturated heterocycles. The summed E-state index contributed by atoms with van der Waals surface area (Å²) in [6.45, 7) is 17.5. The van der Waals surface area contributed by atoms with Crippen LogP contribution in [0.4, 0.5) is 0 Å². The van der Waals surface area contributed by atoms with Crippen molar-refractivity contribution in [3.05, 3.63) is 93.2 Å². The van der Waals surface area contributed by atoms with Gasteiger partial charge in [-0.15, -0.1) is 0 Å². The van der Waals surface area contributed by atoms with Gasteiger partial charge in [0.1, 0.15) is 5.57 Å². The van der Waals surface area contributed by atoms with E-state index in [0.717, 1.165) is 76.2 Å². The molecular formula is C40H62O4. The van der Waals surface area contributed by atoms with Gasteiger partial charge in [-0.25, -0.2) is 9.59 Å². The Labute approximate surface area is 270 Å². The van der Waals surface area contributed by atoms with Crippen molar-refractivity contribution in [1.82, 2.24) is 0 Å². The maximum Gasteiger partial charge on any atom is 0.345 e. The van der Waals surface area contributed by atoms with Crippen LogP contribution in [0.1, 0.15) is 132 Å². The molecule has 0 spiro atoms. The first-order valence-electron chi connectivity index (χ1n) is 16.3. The monoisotopic (exact) mass is 606 g/mol. The van der Waals surface area contributed by atoms with Crippen molar-refractivity contribution in [2.75, 3.05) is 14.2 Å². The Kier molecular flexibility index (Phi) is 23.4. The fourth-order valence-electron chi connectivity index (χ4n) is 4.58. The highest BCUT2D eigenvalue weighted by Crippen LogP contribution is 2.16. The van der Waals surface area contributed by atoms with E-state index in [1.807, 2.05) is 6.92 Å². The van der Waals surface area contributed by atoms with E-state index in [1.54, 1.807) is 6.08 Å². The normalized spacial score (nSPS) is 13.5. The van der Waals surface area contributed by atoms with E-state index in [0.29, 0.717) is 0 Å². The van der Waals surface area contributed by atoms with E-state index in [-0.39, 0.29) is 5.57 Å². The minimum absolute atomic E-state index is 0.104. The summed E-state index contributed by atoms with van der Waals surface area (Å²) in [5.74, 6) is -1.39. The molecule has 44 heavy (non-hydrogen) atoms. The van der Waals surface area contributed by atoms with Crippen LogP contribution in [0.25, 0.3) is 0 Å². The van der Waals surface area contributed by atoms with Gasteiger partial charge in [-0.1, -0.05) is 81.5 Å². The van der Waals surface area contributed by atoms with Crippen molar-refractivity contribution in [3.8, 4) is 0 Å². The molecule has 0 radical (unpaired) electrons. The van der Waals surface area contributed by atoms with Gasteiger partial charge in [0.2, 0.25) is 0 Å². The second-order valence-corrected chi connectivity index (χ2v) is 12.3. The van der Waals surface area contributed by atoms with Crippen molar-refractivity contribution >= 4 is 11.9 Å². The maximum absolute atomic E-state index is 11.8. The number of carbonyl (C=O) groups excluding carboxylic acids is 2. The number of hydrogen-bond acceptors (Lipinski definition) is 4. The van der Waals surface area contributed by atoms with E-state index in [2.05, 4.69) is 94.4 Å². The summed E-state index contributed by atoms with van der Waals surface area (Å²) < 4.78 is 9.31. The molecule has 0 saturated carbocycles. The number of ether oxygens (including phenoxy) is 2. The third-order valence-electron chi connectivity index (χ3n) is 7.59. The van der Waals surface area contributed by atoms with Gasteiger partial charge >= 0.3 is 11.9 Å². The second-order valence-electron chi connectivity index (χ2n) is 12.3. The van der Waals surface area contributed by atoms with Crippen LogP contribution in [-0.2, 0) is 19.1 Å². The predicted molar refractivity (Wildman–Crippen MR) is 189 cm³/mol. The zero-order valence-electron chi connectivity index (χ0n) is 29.7. The highest BCUT2D eigenvalue weighted by atomic mass is 16.5. The Hall–Kier alpha value is -3.14. The first-order chi connectivity index (χ1) is 20.9. The Morgan fingerprint density at radius 1 is 0.409 bits per heavy atom. The van der Waals surface area contributed by atoms with Crippen LogP contribution in [0.3, 0.4) is 0 Å². The molecule has 0 amide bonds. The van der Waals surface area contributed by atoms with Gasteiger partial charge in [0.15, 0.2) is 0 Å². The van der Waals surface area contributed by atoms with Crippen molar-refractivity contribution in [3.63, 3.8) is 0 Å². The van der Waals surface area contributed by atoms with Crippen molar-refractivity contribution in [2.45, 2.75) is 132 Å². The van der Waals surface area contributed by atoms with Gasteiger partial charge in [0.05, 0.1) is 14.2 Å². The first kappa shape index (κ1) is 40.9. The zero-order chi connectivity index (χ0) is 33.3. The van der Waals surface area contributed by atoms with Crippen LogP contribution < -0.4 is 0 Å². The number of rotatable bonds is 21. The fourth-order valence-corrected chi connectivity index (χ4v) is 4.58. The van der Waals surface area contributed by atoms with E-state index >= 15 is 0 Å². The fraction of sp³-hybridized carbons (Fsp3) is 0.550. The van der Waals surface area contributed by atoms with E-state index in [9.17, 15) is 9.59 Å². The van der Waals surface area contributed by atoms with E-state index in [1.165, 1.54) is 60.2 Å². The predicted octanol–water partition coefficient (Wildman–Crippen LogP) is 11.6. The molecule has 0 aliphatic heterocycles. The minimum Gasteiger partial charge on any atom is -0.465 e. The van der Waals surface area contributed by atoms with Gasteiger partial charge in [0.25, 0.3) is 0 Å². The SMILES string of the molecule is COC(=O)C(=C/C=C(/C)CC/C=C(/C)CC/C=C(/C)CC/C=C(/C)CC/C=C(\C)CC/C=C(\C)CCC=C(C)C)C(=O)OC. The number of hydrogen-bond donors (Lipinski definition) is 0. The Balaban J connectivity index is 4.41. The molecule has 0 rings (SSSR count). The van der Waals surface area contributed by atoms with Crippen LogP contribution in [-0.4, -0.2) is 26.2 Å². The average Bonchev–Trinajstić information content (AvgIpc) is 2.96. The third-order valence-corrected chi connectivity index (χ3v) is 7.59. The molecule has 0 atom stereocenters. The average molecular weight is 607 g/mol. The number of methoxy groups -OCH3 is 2. The van der Waals surface area contributed by atoms with Crippen molar-refractivity contribution in [2.24, 2.45) is 0 Å². The summed E-state index contributed by atoms with van der Waals surface area (Å²) in [7, 11) is 2.49. The topological polar surface area (TPSA) is 52.6 Å². The van der Waals surface area contributed by atoms with E-state index in [4.69, 9.17) is 0 Å². The summed E-state index contributed by atoms with van der Waals surface area (Å²) in [5.41, 5.74) is 9.72. The van der Waals surface area contributed by atoms with Crippen molar-refractivity contribution < 1.29 is 19.1 Å². The molecule has 4 nitrogen and oxygen atoms in total. The molecule has 0 fully saturated rings. The lowest BCUT2D eigenvalue weighted by Gasteiger charge is -2.04. The standard InChI is InChI=1S/C40H62O4/c1-31(2)17-11-18-32(3)19-12-20-33(4)21-13-22-34(5)23-14-24-35(6)25-15-26-36(7)27-16-28-37(8)29-30-38(39(41)43-9)40(42)44-10/h17,19,21,23,25,27,29-30H,11-16,18,20,22,24,26,28H2,1-10H3/b32-19+,33-21+,34-23-,35-25-,36-27-,37-29-. The summed E-state index contributed by atoms with van der Waals surface area (Å²) in [5, 5.41) is 0. The highest BCUT2D eigenvalue weighted by molar-refractivity contribution is 6.14. The van der Waals surface area contributed by atoms with Crippen molar-refractivity contribution in [1.29, 1.82) is 0 Å². The summed E-state index contributed by atoms with van der Waals surface area (Å²) >= 11 is 0. The third kappa shape index (κ3) is 22.4. The maximum atomic E-state index is 11.8. The molecule has 0 aromatic carbocycles. The molecule has 0 heterocycles. The Morgan fingerprint density at radius 2 is 0.682 bits per heavy atom. The molecule has 246 valence electrons. The quantitative estimate of drug-likeness (QED) is 0.0326. The first-order valence-corrected chi connectivity index (χ1v) is 16.3. The van der Waals surface area contributed by atoms with Gasteiger partial charge in [-0.2, -0.15) is 0 Å². The number of carbonyl (C=O) groups is 2. The smallest absolute Gasteiger partial charge is 0.345 e. The largest absolute Gasteiger partial charge is 0.465 e. The lowest BCUT2D eigenvalue weighted by Crippen LogP contribution is -2.15.